The number of carbonyl (C=O) groups is 1. The quantitative estimate of drug-likeness (QED) is 0.680. The number of hydrogen-bond acceptors (Lipinski definition) is 4. The highest BCUT2D eigenvalue weighted by atomic mass is 79.9. The molecule has 0 fully saturated rings. The van der Waals surface area contributed by atoms with E-state index < -0.39 is 33.8 Å². The van der Waals surface area contributed by atoms with E-state index in [2.05, 4.69) is 15.9 Å². The highest BCUT2D eigenvalue weighted by Crippen LogP contribution is 2.29. The Labute approximate surface area is 118 Å². The van der Waals surface area contributed by atoms with Crippen molar-refractivity contribution in [2.24, 2.45) is 0 Å². The number of nitro groups is 1. The van der Waals surface area contributed by atoms with Crippen LogP contribution in [0.2, 0.25) is 0 Å². The van der Waals surface area contributed by atoms with Gasteiger partial charge in [-0.05, 0) is 34.1 Å². The van der Waals surface area contributed by atoms with Crippen molar-refractivity contribution in [1.29, 1.82) is 0 Å². The van der Waals surface area contributed by atoms with Gasteiger partial charge in [0.1, 0.15) is 0 Å². The molecule has 1 N–H and O–H groups in total. The number of anilines is 1. The molecule has 0 saturated carbocycles. The maximum atomic E-state index is 13.6. The molecule has 1 aromatic heterocycles. The van der Waals surface area contributed by atoms with E-state index in [1.165, 1.54) is 12.1 Å². The summed E-state index contributed by atoms with van der Waals surface area (Å²) >= 11 is 2.96. The molecule has 0 aliphatic heterocycles. The van der Waals surface area contributed by atoms with Crippen LogP contribution in [0.3, 0.4) is 0 Å². The first-order valence-electron chi connectivity index (χ1n) is 5.09. The molecule has 0 radical (unpaired) electrons. The normalized spacial score (nSPS) is 10.3. The minimum atomic E-state index is -1.52. The van der Waals surface area contributed by atoms with Gasteiger partial charge in [0.25, 0.3) is 11.6 Å². The molecule has 0 spiro atoms. The Morgan fingerprint density at radius 2 is 2.00 bits per heavy atom. The first kappa shape index (κ1) is 14.1. The molecule has 0 saturated heterocycles. The fraction of sp³-hybridized carbons (Fsp3) is 0. The van der Waals surface area contributed by atoms with Gasteiger partial charge < -0.3 is 9.73 Å². The van der Waals surface area contributed by atoms with Gasteiger partial charge in [-0.1, -0.05) is 0 Å². The summed E-state index contributed by atoms with van der Waals surface area (Å²) < 4.78 is 31.8. The zero-order chi connectivity index (χ0) is 14.9. The molecule has 0 atom stereocenters. The average Bonchev–Trinajstić information content (AvgIpc) is 2.81. The molecule has 0 aliphatic rings. The number of nitro benzene ring substituents is 1. The summed E-state index contributed by atoms with van der Waals surface area (Å²) in [5.41, 5.74) is -1.62. The lowest BCUT2D eigenvalue weighted by atomic mass is 10.2. The second-order valence-corrected chi connectivity index (χ2v) is 4.35. The number of benzene rings is 1. The molecular formula is C11H5BrF2N2O4. The number of nitrogens with one attached hydrogen (secondary N) is 1. The topological polar surface area (TPSA) is 85.4 Å². The van der Waals surface area contributed by atoms with Crippen molar-refractivity contribution in [2.75, 3.05) is 5.32 Å². The molecule has 2 aromatic rings. The van der Waals surface area contributed by atoms with Crippen LogP contribution in [0.25, 0.3) is 0 Å². The van der Waals surface area contributed by atoms with Crippen LogP contribution in [0, 0.1) is 21.7 Å². The number of carbonyl (C=O) groups excluding carboxylic acids is 1. The molecule has 0 bridgehead atoms. The Hall–Kier alpha value is -2.29. The summed E-state index contributed by atoms with van der Waals surface area (Å²) in [5.74, 6) is -3.98. The molecule has 20 heavy (non-hydrogen) atoms. The van der Waals surface area contributed by atoms with E-state index in [1.807, 2.05) is 5.32 Å². The fourth-order valence-electron chi connectivity index (χ4n) is 1.42. The second kappa shape index (κ2) is 5.37. The van der Waals surface area contributed by atoms with Gasteiger partial charge >= 0.3 is 0 Å². The van der Waals surface area contributed by atoms with Crippen LogP contribution in [-0.2, 0) is 0 Å². The van der Waals surface area contributed by atoms with E-state index in [9.17, 15) is 23.7 Å². The maximum Gasteiger partial charge on any atom is 0.296 e. The third-order valence-corrected chi connectivity index (χ3v) is 2.73. The van der Waals surface area contributed by atoms with Gasteiger partial charge in [-0.2, -0.15) is 0 Å². The smallest absolute Gasteiger partial charge is 0.296 e. The average molecular weight is 347 g/mol. The lowest BCUT2D eigenvalue weighted by molar-refractivity contribution is -0.384. The van der Waals surface area contributed by atoms with E-state index in [-0.39, 0.29) is 10.4 Å². The summed E-state index contributed by atoms with van der Waals surface area (Å²) in [5, 5.41) is 12.7. The number of nitrogens with zero attached hydrogens (tertiary/aromatic N) is 1. The molecule has 0 aliphatic carbocycles. The second-order valence-electron chi connectivity index (χ2n) is 3.57. The first-order chi connectivity index (χ1) is 9.40. The Kier molecular flexibility index (Phi) is 3.79. The van der Waals surface area contributed by atoms with Crippen LogP contribution in [0.5, 0.6) is 0 Å². The van der Waals surface area contributed by atoms with Gasteiger partial charge in [0.05, 0.1) is 4.92 Å². The molecule has 1 heterocycles. The van der Waals surface area contributed by atoms with Gasteiger partial charge in [-0.25, -0.2) is 8.78 Å². The number of furan rings is 1. The fourth-order valence-corrected chi connectivity index (χ4v) is 1.73. The molecule has 104 valence electrons. The van der Waals surface area contributed by atoms with Crippen molar-refractivity contribution in [3.8, 4) is 0 Å². The highest BCUT2D eigenvalue weighted by molar-refractivity contribution is 9.10. The van der Waals surface area contributed by atoms with Crippen molar-refractivity contribution in [2.45, 2.75) is 0 Å². The summed E-state index contributed by atoms with van der Waals surface area (Å²) in [6.45, 7) is 0. The van der Waals surface area contributed by atoms with Gasteiger partial charge in [-0.15, -0.1) is 0 Å². The minimum absolute atomic E-state index is 0.213. The standard InChI is InChI=1S/C11H5BrF2N2O4/c12-8-4-3-7(20-8)11(17)15-10-6(16(18)19)2-1-5(13)9(10)14/h1-4H,(H,15,17). The predicted octanol–water partition coefficient (Wildman–Crippen LogP) is 3.48. The van der Waals surface area contributed by atoms with E-state index in [4.69, 9.17) is 4.42 Å². The molecule has 9 heteroatoms. The number of hydrogen-bond donors (Lipinski definition) is 1. The van der Waals surface area contributed by atoms with Crippen molar-refractivity contribution in [3.63, 3.8) is 0 Å². The van der Waals surface area contributed by atoms with E-state index >= 15 is 0 Å². The minimum Gasteiger partial charge on any atom is -0.444 e. The van der Waals surface area contributed by atoms with Crippen molar-refractivity contribution < 1.29 is 22.9 Å². The predicted molar refractivity (Wildman–Crippen MR) is 67.4 cm³/mol. The van der Waals surface area contributed by atoms with E-state index in [0.29, 0.717) is 6.07 Å². The summed E-state index contributed by atoms with van der Waals surface area (Å²) in [7, 11) is 0. The molecule has 0 unspecified atom stereocenters. The number of halogens is 3. The monoisotopic (exact) mass is 346 g/mol. The maximum absolute atomic E-state index is 13.6. The largest absolute Gasteiger partial charge is 0.444 e. The zero-order valence-electron chi connectivity index (χ0n) is 9.52. The summed E-state index contributed by atoms with van der Waals surface area (Å²) in [6.07, 6.45) is 0. The third kappa shape index (κ3) is 2.67. The van der Waals surface area contributed by atoms with Crippen LogP contribution >= 0.6 is 15.9 Å². The first-order valence-corrected chi connectivity index (χ1v) is 5.88. The Morgan fingerprint density at radius 3 is 2.55 bits per heavy atom. The lowest BCUT2D eigenvalue weighted by Crippen LogP contribution is -2.14. The van der Waals surface area contributed by atoms with Gasteiger partial charge in [-0.3, -0.25) is 14.9 Å². The summed E-state index contributed by atoms with van der Waals surface area (Å²) in [4.78, 5) is 21.5. The van der Waals surface area contributed by atoms with Gasteiger partial charge in [0.2, 0.25) is 0 Å². The van der Waals surface area contributed by atoms with Crippen LogP contribution in [-0.4, -0.2) is 10.8 Å². The van der Waals surface area contributed by atoms with Crippen LogP contribution in [0.4, 0.5) is 20.2 Å². The van der Waals surface area contributed by atoms with Crippen molar-refractivity contribution >= 4 is 33.2 Å². The lowest BCUT2D eigenvalue weighted by Gasteiger charge is -2.06. The third-order valence-electron chi connectivity index (χ3n) is 2.31. The van der Waals surface area contributed by atoms with Crippen LogP contribution < -0.4 is 5.32 Å². The van der Waals surface area contributed by atoms with Gasteiger partial charge in [0.15, 0.2) is 27.8 Å². The highest BCUT2D eigenvalue weighted by Gasteiger charge is 2.24. The van der Waals surface area contributed by atoms with Gasteiger partial charge in [0, 0.05) is 6.07 Å². The number of amides is 1. The Morgan fingerprint density at radius 1 is 1.30 bits per heavy atom. The van der Waals surface area contributed by atoms with Crippen molar-refractivity contribution in [3.05, 3.63) is 56.4 Å². The molecule has 6 nitrogen and oxygen atoms in total. The van der Waals surface area contributed by atoms with E-state index in [0.717, 1.165) is 6.07 Å². The SMILES string of the molecule is O=C(Nc1c([N+](=O)[O-])ccc(F)c1F)c1ccc(Br)o1. The molecule has 2 rings (SSSR count). The zero-order valence-corrected chi connectivity index (χ0v) is 11.1. The molecule has 1 aromatic carbocycles. The number of rotatable bonds is 3. The van der Waals surface area contributed by atoms with Crippen LogP contribution in [0.1, 0.15) is 10.6 Å². The Bertz CT molecular complexity index is 702. The molecular weight excluding hydrogens is 342 g/mol. The van der Waals surface area contributed by atoms with E-state index in [1.54, 1.807) is 0 Å². The Balaban J connectivity index is 2.40. The molecule has 1 amide bonds. The van der Waals surface area contributed by atoms with Crippen molar-refractivity contribution in [1.82, 2.24) is 0 Å². The summed E-state index contributed by atoms with van der Waals surface area (Å²) in [6, 6.07) is 4.03. The van der Waals surface area contributed by atoms with Crippen LogP contribution in [0.15, 0.2) is 33.4 Å².